The fraction of sp³-hybridized carbons (Fsp3) is 0.385. The number of carbonyl (C=O) groups is 2. The third-order valence-electron chi connectivity index (χ3n) is 2.39. The Kier molecular flexibility index (Phi) is 6.61. The largest absolute Gasteiger partial charge is 0.478 e. The first-order chi connectivity index (χ1) is 9.54. The summed E-state index contributed by atoms with van der Waals surface area (Å²) in [4.78, 5) is 22.3. The molecule has 0 aromatic heterocycles. The zero-order chi connectivity index (χ0) is 15.0. The number of benzene rings is 1. The summed E-state index contributed by atoms with van der Waals surface area (Å²) in [5, 5.41) is 11.1. The first kappa shape index (κ1) is 16.1. The molecule has 0 heterocycles. The molecule has 0 atom stereocenters. The van der Waals surface area contributed by atoms with Crippen LogP contribution < -0.4 is 5.32 Å². The van der Waals surface area contributed by atoms with Crippen molar-refractivity contribution in [3.05, 3.63) is 29.6 Å². The van der Waals surface area contributed by atoms with Gasteiger partial charge in [-0.15, -0.1) is 0 Å². The molecular weight excluding hydrogens is 269 g/mol. The van der Waals surface area contributed by atoms with E-state index < -0.39 is 17.7 Å². The van der Waals surface area contributed by atoms with Crippen molar-refractivity contribution >= 4 is 17.6 Å². The van der Waals surface area contributed by atoms with Crippen molar-refractivity contribution in [2.75, 3.05) is 32.2 Å². The molecule has 1 amide bonds. The first-order valence-corrected chi connectivity index (χ1v) is 5.94. The van der Waals surface area contributed by atoms with E-state index in [4.69, 9.17) is 14.6 Å². The lowest BCUT2D eigenvalue weighted by molar-refractivity contribution is -0.117. The molecule has 0 radical (unpaired) electrons. The molecule has 6 nitrogen and oxygen atoms in total. The van der Waals surface area contributed by atoms with Gasteiger partial charge in [-0.3, -0.25) is 4.79 Å². The summed E-state index contributed by atoms with van der Waals surface area (Å²) in [6, 6.07) is 3.19. The van der Waals surface area contributed by atoms with Crippen LogP contribution in [0.25, 0.3) is 0 Å². The maximum atomic E-state index is 13.4. The van der Waals surface area contributed by atoms with Crippen molar-refractivity contribution in [3.63, 3.8) is 0 Å². The Balaban J connectivity index is 2.49. The summed E-state index contributed by atoms with van der Waals surface area (Å²) in [6.45, 7) is 0.971. The van der Waals surface area contributed by atoms with Gasteiger partial charge in [0.05, 0.1) is 37.5 Å². The second-order valence-corrected chi connectivity index (χ2v) is 3.90. The van der Waals surface area contributed by atoms with E-state index in [1.807, 2.05) is 0 Å². The Morgan fingerprint density at radius 1 is 1.30 bits per heavy atom. The number of halogens is 1. The highest BCUT2D eigenvalue weighted by Crippen LogP contribution is 2.16. The van der Waals surface area contributed by atoms with Gasteiger partial charge in [0.15, 0.2) is 0 Å². The number of aromatic carboxylic acids is 1. The van der Waals surface area contributed by atoms with Crippen LogP contribution in [0, 0.1) is 5.82 Å². The van der Waals surface area contributed by atoms with Crippen molar-refractivity contribution < 1.29 is 28.6 Å². The van der Waals surface area contributed by atoms with Gasteiger partial charge in [-0.1, -0.05) is 0 Å². The van der Waals surface area contributed by atoms with Crippen LogP contribution in [0.5, 0.6) is 0 Å². The smallest absolute Gasteiger partial charge is 0.335 e. The predicted octanol–water partition coefficient (Wildman–Crippen LogP) is 1.52. The Hall–Kier alpha value is -1.99. The van der Waals surface area contributed by atoms with Crippen LogP contribution in [0.4, 0.5) is 10.1 Å². The van der Waals surface area contributed by atoms with Crippen LogP contribution in [0.2, 0.25) is 0 Å². The highest BCUT2D eigenvalue weighted by Gasteiger charge is 2.11. The molecule has 1 rings (SSSR count). The van der Waals surface area contributed by atoms with E-state index in [0.29, 0.717) is 13.2 Å². The number of amides is 1. The molecule has 1 aromatic carbocycles. The van der Waals surface area contributed by atoms with Gasteiger partial charge in [-0.2, -0.15) is 0 Å². The van der Waals surface area contributed by atoms with E-state index in [1.54, 1.807) is 0 Å². The highest BCUT2D eigenvalue weighted by atomic mass is 19.1. The average molecular weight is 285 g/mol. The van der Waals surface area contributed by atoms with Gasteiger partial charge >= 0.3 is 5.97 Å². The lowest BCUT2D eigenvalue weighted by Crippen LogP contribution is -2.16. The minimum atomic E-state index is -1.19. The molecule has 110 valence electrons. The number of ether oxygens (including phenoxy) is 2. The average Bonchev–Trinajstić information content (AvgIpc) is 2.40. The van der Waals surface area contributed by atoms with E-state index in [1.165, 1.54) is 7.11 Å². The molecular formula is C13H16FNO5. The Morgan fingerprint density at radius 2 is 2.05 bits per heavy atom. The van der Waals surface area contributed by atoms with Crippen molar-refractivity contribution in [3.8, 4) is 0 Å². The highest BCUT2D eigenvalue weighted by molar-refractivity contribution is 5.94. The summed E-state index contributed by atoms with van der Waals surface area (Å²) in [6.07, 6.45) is 0.0421. The fourth-order valence-electron chi connectivity index (χ4n) is 1.38. The molecule has 0 fully saturated rings. The molecule has 0 unspecified atom stereocenters. The zero-order valence-corrected chi connectivity index (χ0v) is 11.0. The van der Waals surface area contributed by atoms with Gasteiger partial charge in [-0.05, 0) is 18.2 Å². The van der Waals surface area contributed by atoms with Crippen LogP contribution in [0.15, 0.2) is 18.2 Å². The summed E-state index contributed by atoms with van der Waals surface area (Å²) in [5.41, 5.74) is -0.259. The third-order valence-corrected chi connectivity index (χ3v) is 2.39. The van der Waals surface area contributed by atoms with Crippen LogP contribution in [0.3, 0.4) is 0 Å². The van der Waals surface area contributed by atoms with E-state index in [0.717, 1.165) is 18.2 Å². The van der Waals surface area contributed by atoms with Gasteiger partial charge in [0.25, 0.3) is 0 Å². The Morgan fingerprint density at radius 3 is 2.70 bits per heavy atom. The van der Waals surface area contributed by atoms with Gasteiger partial charge < -0.3 is 19.9 Å². The number of carbonyl (C=O) groups excluding carboxylic acids is 1. The van der Waals surface area contributed by atoms with Gasteiger partial charge in [-0.25, -0.2) is 9.18 Å². The molecule has 2 N–H and O–H groups in total. The minimum absolute atomic E-state index is 0.0421. The third kappa shape index (κ3) is 5.33. The number of hydrogen-bond acceptors (Lipinski definition) is 4. The minimum Gasteiger partial charge on any atom is -0.478 e. The van der Waals surface area contributed by atoms with Crippen LogP contribution in [-0.2, 0) is 14.3 Å². The van der Waals surface area contributed by atoms with Crippen molar-refractivity contribution in [1.82, 2.24) is 0 Å². The molecule has 0 aliphatic carbocycles. The van der Waals surface area contributed by atoms with E-state index in [9.17, 15) is 14.0 Å². The molecule has 0 spiro atoms. The number of rotatable bonds is 8. The molecule has 0 bridgehead atoms. The van der Waals surface area contributed by atoms with Gasteiger partial charge in [0, 0.05) is 7.11 Å². The Labute approximate surface area is 115 Å². The summed E-state index contributed by atoms with van der Waals surface area (Å²) in [7, 11) is 1.54. The SMILES string of the molecule is COCCOCCC(=O)Nc1cc(C(=O)O)ccc1F. The molecule has 1 aromatic rings. The van der Waals surface area contributed by atoms with Gasteiger partial charge in [0.1, 0.15) is 5.82 Å². The maximum absolute atomic E-state index is 13.4. The summed E-state index contributed by atoms with van der Waals surface area (Å²) < 4.78 is 23.3. The van der Waals surface area contributed by atoms with Crippen molar-refractivity contribution in [2.45, 2.75) is 6.42 Å². The summed E-state index contributed by atoms with van der Waals surface area (Å²) >= 11 is 0. The maximum Gasteiger partial charge on any atom is 0.335 e. The topological polar surface area (TPSA) is 84.9 Å². The van der Waals surface area contributed by atoms with Crippen LogP contribution >= 0.6 is 0 Å². The van der Waals surface area contributed by atoms with Crippen LogP contribution in [-0.4, -0.2) is 43.9 Å². The second kappa shape index (κ2) is 8.23. The molecule has 20 heavy (non-hydrogen) atoms. The molecule has 7 heteroatoms. The fourth-order valence-corrected chi connectivity index (χ4v) is 1.38. The first-order valence-electron chi connectivity index (χ1n) is 5.94. The second-order valence-electron chi connectivity index (χ2n) is 3.90. The van der Waals surface area contributed by atoms with Crippen molar-refractivity contribution in [1.29, 1.82) is 0 Å². The number of carboxylic acid groups (broad SMARTS) is 1. The van der Waals surface area contributed by atoms with E-state index in [2.05, 4.69) is 5.32 Å². The van der Waals surface area contributed by atoms with Gasteiger partial charge in [0.2, 0.25) is 5.91 Å². The predicted molar refractivity (Wildman–Crippen MR) is 69.3 cm³/mol. The molecule has 0 aliphatic rings. The number of hydrogen-bond donors (Lipinski definition) is 2. The molecule has 0 aliphatic heterocycles. The standard InChI is InChI=1S/C13H16FNO5/c1-19-6-7-20-5-4-12(16)15-11-8-9(13(17)18)2-3-10(11)14/h2-3,8H,4-7H2,1H3,(H,15,16)(H,17,18). The Bertz CT molecular complexity index is 478. The number of carboxylic acids is 1. The molecule has 0 saturated carbocycles. The lowest BCUT2D eigenvalue weighted by atomic mass is 10.2. The normalized spacial score (nSPS) is 10.3. The van der Waals surface area contributed by atoms with E-state index in [-0.39, 0.29) is 24.3 Å². The summed E-state index contributed by atoms with van der Waals surface area (Å²) in [5.74, 6) is -2.34. The van der Waals surface area contributed by atoms with Crippen molar-refractivity contribution in [2.24, 2.45) is 0 Å². The number of anilines is 1. The lowest BCUT2D eigenvalue weighted by Gasteiger charge is -2.08. The van der Waals surface area contributed by atoms with Crippen LogP contribution in [0.1, 0.15) is 16.8 Å². The quantitative estimate of drug-likeness (QED) is 0.707. The zero-order valence-electron chi connectivity index (χ0n) is 11.0. The number of methoxy groups -OCH3 is 1. The monoisotopic (exact) mass is 285 g/mol. The van der Waals surface area contributed by atoms with E-state index >= 15 is 0 Å². The molecule has 0 saturated heterocycles. The number of nitrogens with one attached hydrogen (secondary N) is 1.